The van der Waals surface area contributed by atoms with Crippen molar-refractivity contribution in [2.24, 2.45) is 0 Å². The lowest BCUT2D eigenvalue weighted by atomic mass is 9.35. The average Bonchev–Trinajstić information content (AvgIpc) is 3.85. The van der Waals surface area contributed by atoms with Crippen molar-refractivity contribution in [1.82, 2.24) is 19.7 Å². The highest BCUT2D eigenvalue weighted by molar-refractivity contribution is 6.98. The van der Waals surface area contributed by atoms with E-state index in [1.165, 1.54) is 16.7 Å². The van der Waals surface area contributed by atoms with Crippen LogP contribution < -0.4 is 35.7 Å². The van der Waals surface area contributed by atoms with Gasteiger partial charge in [0.15, 0.2) is 0 Å². The molecule has 0 aliphatic carbocycles. The van der Waals surface area contributed by atoms with E-state index in [0.29, 0.717) is 36.1 Å². The van der Waals surface area contributed by atoms with E-state index in [4.69, 9.17) is 24.5 Å². The van der Waals surface area contributed by atoms with Crippen LogP contribution in [-0.2, 0) is 5.41 Å². The van der Waals surface area contributed by atoms with Gasteiger partial charge in [0, 0.05) is 40.9 Å². The number of nitrogens with zero attached hydrogens (tertiary/aromatic N) is 6. The van der Waals surface area contributed by atoms with E-state index in [2.05, 4.69) is 156 Å². The molecule has 5 heterocycles. The maximum atomic E-state index is 6.63. The lowest BCUT2D eigenvalue weighted by Gasteiger charge is -2.33. The molecular weight excluding hydrogens is 655 g/mol. The topological polar surface area (TPSA) is 68.5 Å². The summed E-state index contributed by atoms with van der Waals surface area (Å²) < 4.78 is 15.2. The van der Waals surface area contributed by atoms with Crippen LogP contribution in [0.3, 0.4) is 0 Å². The Morgan fingerprint density at radius 1 is 0.679 bits per heavy atom. The molecule has 0 N–H and O–H groups in total. The van der Waals surface area contributed by atoms with E-state index in [1.807, 2.05) is 16.9 Å². The minimum Gasteiger partial charge on any atom is -0.440 e. The number of hydrogen-bond donors (Lipinski definition) is 0. The Bertz CT molecular complexity index is 2370. The van der Waals surface area contributed by atoms with Crippen molar-refractivity contribution in [3.8, 4) is 40.1 Å². The molecule has 0 atom stereocenters. The molecule has 9 heteroatoms. The number of ether oxygens (including phenoxy) is 2. The summed E-state index contributed by atoms with van der Waals surface area (Å²) >= 11 is 0. The molecule has 0 saturated heterocycles. The molecule has 2 aromatic heterocycles. The van der Waals surface area contributed by atoms with Crippen LogP contribution in [0.15, 0.2) is 110 Å². The van der Waals surface area contributed by atoms with Crippen LogP contribution in [0, 0.1) is 0 Å². The number of para-hydroxylation sites is 1. The quantitative estimate of drug-likeness (QED) is 0.162. The van der Waals surface area contributed by atoms with Gasteiger partial charge in [-0.25, -0.2) is 4.68 Å². The number of anilines is 2. The van der Waals surface area contributed by atoms with Gasteiger partial charge >= 0.3 is 0 Å². The van der Waals surface area contributed by atoms with Gasteiger partial charge in [0.1, 0.15) is 17.3 Å². The predicted octanol–water partition coefficient (Wildman–Crippen LogP) is 8.36. The van der Waals surface area contributed by atoms with Crippen molar-refractivity contribution in [3.05, 3.63) is 127 Å². The Balaban J connectivity index is 1.15. The second-order valence-corrected chi connectivity index (χ2v) is 15.9. The lowest BCUT2D eigenvalue weighted by molar-refractivity contribution is 0.418. The fourth-order valence-electron chi connectivity index (χ4n) is 7.74. The van der Waals surface area contributed by atoms with E-state index in [9.17, 15) is 0 Å². The molecular formula is C44H43BN6O2. The van der Waals surface area contributed by atoms with Crippen molar-refractivity contribution >= 4 is 34.5 Å². The third-order valence-corrected chi connectivity index (χ3v) is 10.5. The first-order valence-electron chi connectivity index (χ1n) is 18.5. The van der Waals surface area contributed by atoms with Crippen LogP contribution in [0.25, 0.3) is 16.8 Å². The van der Waals surface area contributed by atoms with Crippen molar-refractivity contribution in [1.29, 1.82) is 0 Å². The van der Waals surface area contributed by atoms with Gasteiger partial charge in [0.25, 0.3) is 6.71 Å². The van der Waals surface area contributed by atoms with Gasteiger partial charge in [-0.15, -0.1) is 0 Å². The SMILES string of the molecule is CC(C)c1cccc(C(C)C)c1-c1cnn(-c2ccc3c(c2)B2c4cc(N5C=CN(c6ccccc6)C5)ccc4Oc4nc(C(C)(C)C)nc(c42)O3)c1. The second-order valence-electron chi connectivity index (χ2n) is 15.9. The first kappa shape index (κ1) is 33.0. The van der Waals surface area contributed by atoms with Gasteiger partial charge in [-0.3, -0.25) is 0 Å². The number of fused-ring (bicyclic) bond motifs is 4. The standard InChI is InChI=1S/C44H43BN6O2/c1-27(2)33-14-11-15-34(28(3)4)39(33)29-24-46-51(25-29)32-17-19-38-36(23-32)45-35-22-31(50-21-20-49(26-50)30-12-9-8-10-13-30)16-18-37(35)52-41-40(45)42(53-38)48-43(47-41)44(5,6)7/h8-25,27-28H,26H2,1-7H3. The van der Waals surface area contributed by atoms with Crippen LogP contribution >= 0.6 is 0 Å². The molecule has 0 unspecified atom stereocenters. The average molecular weight is 699 g/mol. The fourth-order valence-corrected chi connectivity index (χ4v) is 7.74. The highest BCUT2D eigenvalue weighted by Crippen LogP contribution is 2.38. The van der Waals surface area contributed by atoms with Gasteiger partial charge in [-0.1, -0.05) is 84.9 Å². The zero-order valence-electron chi connectivity index (χ0n) is 31.3. The molecule has 6 aromatic rings. The summed E-state index contributed by atoms with van der Waals surface area (Å²) in [6.07, 6.45) is 8.41. The van der Waals surface area contributed by atoms with Crippen molar-refractivity contribution in [2.45, 2.75) is 65.7 Å². The Hall–Kier alpha value is -5.83. The van der Waals surface area contributed by atoms with Crippen LogP contribution in [0.1, 0.15) is 77.3 Å². The number of benzene rings is 4. The van der Waals surface area contributed by atoms with E-state index >= 15 is 0 Å². The summed E-state index contributed by atoms with van der Waals surface area (Å²) in [7, 11) is 0. The summed E-state index contributed by atoms with van der Waals surface area (Å²) in [5.74, 6) is 4.10. The van der Waals surface area contributed by atoms with E-state index in [1.54, 1.807) is 0 Å². The maximum absolute atomic E-state index is 6.63. The highest BCUT2D eigenvalue weighted by atomic mass is 16.5. The normalized spacial score (nSPS) is 14.3. The van der Waals surface area contributed by atoms with Crippen LogP contribution in [0.4, 0.5) is 11.4 Å². The van der Waals surface area contributed by atoms with E-state index < -0.39 is 0 Å². The molecule has 0 radical (unpaired) electrons. The summed E-state index contributed by atoms with van der Waals surface area (Å²) in [5.41, 5.74) is 10.9. The van der Waals surface area contributed by atoms with Gasteiger partial charge in [-0.2, -0.15) is 15.1 Å². The Kier molecular flexibility index (Phi) is 7.73. The van der Waals surface area contributed by atoms with E-state index in [0.717, 1.165) is 50.5 Å². The molecule has 9 rings (SSSR count). The molecule has 0 saturated carbocycles. The van der Waals surface area contributed by atoms with Crippen molar-refractivity contribution < 1.29 is 9.47 Å². The summed E-state index contributed by atoms with van der Waals surface area (Å²) in [6.45, 7) is 15.8. The fraction of sp³-hybridized carbons (Fsp3) is 0.250. The zero-order valence-corrected chi connectivity index (χ0v) is 31.3. The zero-order chi connectivity index (χ0) is 36.6. The lowest BCUT2D eigenvalue weighted by Crippen LogP contribution is -2.58. The number of aromatic nitrogens is 4. The summed E-state index contributed by atoms with van der Waals surface area (Å²) in [6, 6.07) is 29.9. The van der Waals surface area contributed by atoms with E-state index in [-0.39, 0.29) is 12.1 Å². The van der Waals surface area contributed by atoms with Gasteiger partial charge < -0.3 is 19.3 Å². The number of rotatable bonds is 6. The Morgan fingerprint density at radius 3 is 1.87 bits per heavy atom. The van der Waals surface area contributed by atoms with Crippen LogP contribution in [0.2, 0.25) is 0 Å². The summed E-state index contributed by atoms with van der Waals surface area (Å²) in [4.78, 5) is 14.5. The van der Waals surface area contributed by atoms with Crippen LogP contribution in [0.5, 0.6) is 23.3 Å². The Labute approximate surface area is 311 Å². The first-order chi connectivity index (χ1) is 25.5. The molecule has 3 aliphatic heterocycles. The highest BCUT2D eigenvalue weighted by Gasteiger charge is 2.43. The third-order valence-electron chi connectivity index (χ3n) is 10.5. The molecule has 3 aliphatic rings. The molecule has 0 bridgehead atoms. The molecule has 8 nitrogen and oxygen atoms in total. The van der Waals surface area contributed by atoms with Crippen LogP contribution in [-0.4, -0.2) is 33.1 Å². The molecule has 0 spiro atoms. The van der Waals surface area contributed by atoms with Gasteiger partial charge in [0.05, 0.1) is 24.0 Å². The largest absolute Gasteiger partial charge is 0.440 e. The predicted molar refractivity (Wildman–Crippen MR) is 215 cm³/mol. The van der Waals surface area contributed by atoms with Gasteiger partial charge in [0.2, 0.25) is 11.8 Å². The van der Waals surface area contributed by atoms with Crippen molar-refractivity contribution in [2.75, 3.05) is 16.5 Å². The molecule has 4 aromatic carbocycles. The molecule has 0 amide bonds. The first-order valence-corrected chi connectivity index (χ1v) is 18.5. The smallest absolute Gasteiger partial charge is 0.265 e. The minimum absolute atomic E-state index is 0.206. The second kappa shape index (κ2) is 12.4. The summed E-state index contributed by atoms with van der Waals surface area (Å²) in [5, 5.41) is 4.93. The van der Waals surface area contributed by atoms with Gasteiger partial charge in [-0.05, 0) is 88.0 Å². The maximum Gasteiger partial charge on any atom is 0.265 e. The molecule has 53 heavy (non-hydrogen) atoms. The number of hydrogen-bond acceptors (Lipinski definition) is 7. The molecule has 0 fully saturated rings. The monoisotopic (exact) mass is 698 g/mol. The Morgan fingerprint density at radius 2 is 1.26 bits per heavy atom. The van der Waals surface area contributed by atoms with Crippen molar-refractivity contribution in [3.63, 3.8) is 0 Å². The minimum atomic E-state index is -0.295. The third kappa shape index (κ3) is 5.66. The molecule has 264 valence electrons.